The Balaban J connectivity index is 2.09. The van der Waals surface area contributed by atoms with Gasteiger partial charge in [0.15, 0.2) is 5.82 Å². The predicted octanol–water partition coefficient (Wildman–Crippen LogP) is 3.80. The van der Waals surface area contributed by atoms with Crippen molar-refractivity contribution in [3.63, 3.8) is 0 Å². The van der Waals surface area contributed by atoms with Crippen molar-refractivity contribution < 1.29 is 4.74 Å². The molecule has 1 aromatic heterocycles. The van der Waals surface area contributed by atoms with Crippen molar-refractivity contribution in [2.45, 2.75) is 58.0 Å². The second-order valence-electron chi connectivity index (χ2n) is 5.81. The molecule has 1 heterocycles. The fraction of sp³-hybridized carbons (Fsp3) is 0.857. The van der Waals surface area contributed by atoms with Crippen LogP contribution in [0.2, 0.25) is 0 Å². The van der Waals surface area contributed by atoms with Gasteiger partial charge in [-0.1, -0.05) is 39.5 Å². The molecule has 1 fully saturated rings. The fourth-order valence-corrected chi connectivity index (χ4v) is 3.25. The molecule has 1 saturated carbocycles. The largest absolute Gasteiger partial charge is 0.370 e. The van der Waals surface area contributed by atoms with E-state index in [-0.39, 0.29) is 5.60 Å². The molecule has 19 heavy (non-hydrogen) atoms. The van der Waals surface area contributed by atoms with Gasteiger partial charge < -0.3 is 10.1 Å². The van der Waals surface area contributed by atoms with Crippen LogP contribution in [0.5, 0.6) is 0 Å². The first-order chi connectivity index (χ1) is 9.16. The minimum absolute atomic E-state index is 0.245. The summed E-state index contributed by atoms with van der Waals surface area (Å²) in [6.45, 7) is 5.32. The molecular weight excluding hydrogens is 258 g/mol. The lowest BCUT2D eigenvalue weighted by Gasteiger charge is -2.28. The highest BCUT2D eigenvalue weighted by molar-refractivity contribution is 7.09. The lowest BCUT2D eigenvalue weighted by molar-refractivity contribution is -0.0341. The van der Waals surface area contributed by atoms with E-state index in [1.807, 2.05) is 0 Å². The third-order valence-corrected chi connectivity index (χ3v) is 4.47. The van der Waals surface area contributed by atoms with E-state index in [1.54, 1.807) is 7.11 Å². The molecular formula is C14H25N3OS. The van der Waals surface area contributed by atoms with Crippen molar-refractivity contribution in [3.05, 3.63) is 5.82 Å². The fourth-order valence-electron chi connectivity index (χ4n) is 2.59. The Morgan fingerprint density at radius 1 is 1.26 bits per heavy atom. The standard InChI is InChI=1S/C14H25N3OS/c1-11(2)10-15-13-16-12(17-19-13)14(18-3)8-6-4-5-7-9-14/h11H,4-10H2,1-3H3,(H,15,16,17). The van der Waals surface area contributed by atoms with Gasteiger partial charge in [-0.05, 0) is 18.8 Å². The van der Waals surface area contributed by atoms with Gasteiger partial charge in [0.25, 0.3) is 0 Å². The molecule has 108 valence electrons. The molecule has 1 aliphatic carbocycles. The van der Waals surface area contributed by atoms with Gasteiger partial charge in [0, 0.05) is 25.2 Å². The van der Waals surface area contributed by atoms with E-state index in [9.17, 15) is 0 Å². The lowest BCUT2D eigenvalue weighted by Crippen LogP contribution is -2.29. The lowest BCUT2D eigenvalue weighted by atomic mass is 9.93. The quantitative estimate of drug-likeness (QED) is 0.835. The van der Waals surface area contributed by atoms with Crippen LogP contribution in [0.15, 0.2) is 0 Å². The second-order valence-corrected chi connectivity index (χ2v) is 6.56. The molecule has 0 amide bonds. The Labute approximate surface area is 120 Å². The molecule has 5 heteroatoms. The Hall–Kier alpha value is -0.680. The molecule has 0 radical (unpaired) electrons. The van der Waals surface area contributed by atoms with E-state index < -0.39 is 0 Å². The number of hydrogen-bond donors (Lipinski definition) is 1. The van der Waals surface area contributed by atoms with Crippen molar-refractivity contribution >= 4 is 16.7 Å². The average Bonchev–Trinajstić information content (AvgIpc) is 2.74. The molecule has 4 nitrogen and oxygen atoms in total. The van der Waals surface area contributed by atoms with Crippen molar-refractivity contribution in [3.8, 4) is 0 Å². The minimum atomic E-state index is -0.245. The molecule has 0 saturated heterocycles. The van der Waals surface area contributed by atoms with Gasteiger partial charge in [0.1, 0.15) is 5.60 Å². The number of methoxy groups -OCH3 is 1. The highest BCUT2D eigenvalue weighted by atomic mass is 32.1. The maximum Gasteiger partial charge on any atom is 0.202 e. The van der Waals surface area contributed by atoms with E-state index in [0.717, 1.165) is 30.3 Å². The van der Waals surface area contributed by atoms with Gasteiger partial charge in [-0.15, -0.1) is 0 Å². The number of rotatable bonds is 5. The summed E-state index contributed by atoms with van der Waals surface area (Å²) in [7, 11) is 1.80. The summed E-state index contributed by atoms with van der Waals surface area (Å²) in [6, 6.07) is 0. The van der Waals surface area contributed by atoms with E-state index in [0.29, 0.717) is 5.92 Å². The molecule has 0 atom stereocenters. The van der Waals surface area contributed by atoms with Crippen LogP contribution in [-0.4, -0.2) is 23.0 Å². The first kappa shape index (κ1) is 14.7. The first-order valence-electron chi connectivity index (χ1n) is 7.29. The van der Waals surface area contributed by atoms with Crippen LogP contribution in [0.1, 0.15) is 58.2 Å². The van der Waals surface area contributed by atoms with E-state index in [1.165, 1.54) is 37.2 Å². The van der Waals surface area contributed by atoms with Crippen molar-refractivity contribution in [1.29, 1.82) is 0 Å². The second kappa shape index (κ2) is 6.66. The van der Waals surface area contributed by atoms with Crippen molar-refractivity contribution in [1.82, 2.24) is 9.36 Å². The van der Waals surface area contributed by atoms with E-state index in [2.05, 4.69) is 28.5 Å². The number of anilines is 1. The number of hydrogen-bond acceptors (Lipinski definition) is 5. The Bertz CT molecular complexity index is 384. The van der Waals surface area contributed by atoms with Crippen molar-refractivity contribution in [2.75, 3.05) is 19.0 Å². The van der Waals surface area contributed by atoms with Crippen LogP contribution < -0.4 is 5.32 Å². The first-order valence-corrected chi connectivity index (χ1v) is 8.07. The third kappa shape index (κ3) is 3.66. The molecule has 2 rings (SSSR count). The Morgan fingerprint density at radius 2 is 1.95 bits per heavy atom. The zero-order chi connectivity index (χ0) is 13.7. The number of ether oxygens (including phenoxy) is 1. The van der Waals surface area contributed by atoms with Gasteiger partial charge in [-0.3, -0.25) is 0 Å². The number of aromatic nitrogens is 2. The normalized spacial score (nSPS) is 19.4. The summed E-state index contributed by atoms with van der Waals surface area (Å²) >= 11 is 1.45. The zero-order valence-electron chi connectivity index (χ0n) is 12.2. The van der Waals surface area contributed by atoms with Crippen LogP contribution in [-0.2, 0) is 10.3 Å². The molecule has 1 N–H and O–H groups in total. The number of nitrogens with zero attached hydrogens (tertiary/aromatic N) is 2. The van der Waals surface area contributed by atoms with Crippen LogP contribution in [0, 0.1) is 5.92 Å². The monoisotopic (exact) mass is 283 g/mol. The van der Waals surface area contributed by atoms with E-state index in [4.69, 9.17) is 4.74 Å². The summed E-state index contributed by atoms with van der Waals surface area (Å²) in [6.07, 6.45) is 7.11. The van der Waals surface area contributed by atoms with Gasteiger partial charge in [0.2, 0.25) is 5.13 Å². The molecule has 0 aromatic carbocycles. The maximum atomic E-state index is 5.84. The predicted molar refractivity (Wildman–Crippen MR) is 79.6 cm³/mol. The van der Waals surface area contributed by atoms with Crippen molar-refractivity contribution in [2.24, 2.45) is 5.92 Å². The van der Waals surface area contributed by atoms with Gasteiger partial charge in [0.05, 0.1) is 0 Å². The summed E-state index contributed by atoms with van der Waals surface area (Å²) in [5.41, 5.74) is -0.245. The Kier molecular flexibility index (Phi) is 5.16. The minimum Gasteiger partial charge on any atom is -0.370 e. The SMILES string of the molecule is COC1(c2nsc(NCC(C)C)n2)CCCCCC1. The molecule has 1 aromatic rings. The average molecular weight is 283 g/mol. The Morgan fingerprint density at radius 3 is 2.53 bits per heavy atom. The number of nitrogens with one attached hydrogen (secondary N) is 1. The topological polar surface area (TPSA) is 47.0 Å². The van der Waals surface area contributed by atoms with Gasteiger partial charge in [-0.25, -0.2) is 4.98 Å². The molecule has 1 aliphatic rings. The summed E-state index contributed by atoms with van der Waals surface area (Å²) in [5.74, 6) is 1.50. The highest BCUT2D eigenvalue weighted by Gasteiger charge is 2.36. The summed E-state index contributed by atoms with van der Waals surface area (Å²) in [4.78, 5) is 4.66. The van der Waals surface area contributed by atoms with Gasteiger partial charge >= 0.3 is 0 Å². The van der Waals surface area contributed by atoms with Gasteiger partial charge in [-0.2, -0.15) is 4.37 Å². The molecule has 0 spiro atoms. The zero-order valence-corrected chi connectivity index (χ0v) is 13.1. The third-order valence-electron chi connectivity index (χ3n) is 3.80. The van der Waals surface area contributed by atoms with Crippen LogP contribution in [0.25, 0.3) is 0 Å². The molecule has 0 bridgehead atoms. The summed E-state index contributed by atoms with van der Waals surface area (Å²) in [5, 5.41) is 4.27. The highest BCUT2D eigenvalue weighted by Crippen LogP contribution is 2.38. The molecule has 0 unspecified atom stereocenters. The summed E-state index contributed by atoms with van der Waals surface area (Å²) < 4.78 is 10.4. The molecule has 0 aliphatic heterocycles. The van der Waals surface area contributed by atoms with Crippen LogP contribution in [0.4, 0.5) is 5.13 Å². The van der Waals surface area contributed by atoms with Crippen LogP contribution >= 0.6 is 11.5 Å². The smallest absolute Gasteiger partial charge is 0.202 e. The van der Waals surface area contributed by atoms with Crippen LogP contribution in [0.3, 0.4) is 0 Å². The maximum absolute atomic E-state index is 5.84. The van der Waals surface area contributed by atoms with E-state index >= 15 is 0 Å².